The first-order valence-electron chi connectivity index (χ1n) is 10.0. The molecule has 1 saturated heterocycles. The van der Waals surface area contributed by atoms with E-state index in [0.717, 1.165) is 39.8 Å². The van der Waals surface area contributed by atoms with Crippen LogP contribution in [0.3, 0.4) is 0 Å². The average Bonchev–Trinajstić information content (AvgIpc) is 3.17. The number of thiophene rings is 1. The number of nitrogens with one attached hydrogen (secondary N) is 1. The maximum Gasteiger partial charge on any atom is 0.143 e. The number of nitrogens with two attached hydrogens (primary N) is 1. The van der Waals surface area contributed by atoms with Gasteiger partial charge >= 0.3 is 0 Å². The number of hydrogen-bond donors (Lipinski definition) is 2. The maximum absolute atomic E-state index is 6.39. The molecule has 0 atom stereocenters. The van der Waals surface area contributed by atoms with E-state index in [-0.39, 0.29) is 0 Å². The number of rotatable bonds is 9. The van der Waals surface area contributed by atoms with Crippen LogP contribution in [0.4, 0.5) is 5.69 Å². The van der Waals surface area contributed by atoms with Gasteiger partial charge in [0, 0.05) is 37.6 Å². The molecule has 0 saturated carbocycles. The van der Waals surface area contributed by atoms with E-state index in [4.69, 9.17) is 20.3 Å². The summed E-state index contributed by atoms with van der Waals surface area (Å²) >= 11 is 1.63. The van der Waals surface area contributed by atoms with Gasteiger partial charge in [0.15, 0.2) is 0 Å². The lowest BCUT2D eigenvalue weighted by Gasteiger charge is -2.29. The molecule has 2 aromatic rings. The van der Waals surface area contributed by atoms with Crippen LogP contribution >= 0.6 is 11.3 Å². The smallest absolute Gasteiger partial charge is 0.143 e. The zero-order chi connectivity index (χ0) is 21.9. The third kappa shape index (κ3) is 6.40. The Balaban J connectivity index is 1.88. The lowest BCUT2D eigenvalue weighted by Crippen LogP contribution is -2.41. The molecule has 2 heterocycles. The summed E-state index contributed by atoms with van der Waals surface area (Å²) in [6.07, 6.45) is 5.41. The number of benzene rings is 1. The third-order valence-electron chi connectivity index (χ3n) is 4.61. The van der Waals surface area contributed by atoms with Crippen molar-refractivity contribution in [3.63, 3.8) is 0 Å². The molecule has 0 unspecified atom stereocenters. The first kappa shape index (κ1) is 22.5. The third-order valence-corrected chi connectivity index (χ3v) is 5.78. The second-order valence-corrected chi connectivity index (χ2v) is 7.82. The van der Waals surface area contributed by atoms with E-state index in [0.29, 0.717) is 31.9 Å². The second-order valence-electron chi connectivity index (χ2n) is 6.68. The predicted octanol–water partition coefficient (Wildman–Crippen LogP) is 2.85. The van der Waals surface area contributed by atoms with Crippen molar-refractivity contribution in [2.75, 3.05) is 39.1 Å². The highest BCUT2D eigenvalue weighted by Crippen LogP contribution is 2.28. The standard InChI is InChI=1S/C22H28N6O2S/c1-3-30-27-9-8-19-14-20(23)21(31-19)22(28-10-12-29-13-11-28)25-15-17-6-4-5-7-18(17)16-26-24-2/h3-7,9,14,16,24H,1,8,10-13,15,23H2,2H3/b25-22?,26-16-,27-9-. The molecule has 1 aliphatic heterocycles. The molecule has 1 aliphatic rings. The number of aliphatic imine (C=N–C) groups is 1. The highest BCUT2D eigenvalue weighted by atomic mass is 32.1. The molecule has 3 rings (SSSR count). The molecule has 0 bridgehead atoms. The first-order valence-corrected chi connectivity index (χ1v) is 10.9. The highest BCUT2D eigenvalue weighted by molar-refractivity contribution is 7.14. The molecule has 1 aromatic carbocycles. The molecule has 0 amide bonds. The summed E-state index contributed by atoms with van der Waals surface area (Å²) in [5, 5.41) is 7.96. The topological polar surface area (TPSA) is 96.8 Å². The Morgan fingerprint density at radius 3 is 2.94 bits per heavy atom. The lowest BCUT2D eigenvalue weighted by atomic mass is 10.1. The second kappa shape index (κ2) is 11.9. The largest absolute Gasteiger partial charge is 0.397 e. The van der Waals surface area contributed by atoms with Gasteiger partial charge in [-0.2, -0.15) is 5.10 Å². The van der Waals surface area contributed by atoms with Crippen LogP contribution in [-0.2, 0) is 22.5 Å². The molecule has 164 valence electrons. The molecule has 0 spiro atoms. The van der Waals surface area contributed by atoms with Gasteiger partial charge < -0.3 is 25.6 Å². The van der Waals surface area contributed by atoms with Gasteiger partial charge in [0.25, 0.3) is 0 Å². The van der Waals surface area contributed by atoms with Crippen molar-refractivity contribution in [1.29, 1.82) is 0 Å². The van der Waals surface area contributed by atoms with Crippen molar-refractivity contribution in [2.24, 2.45) is 15.2 Å². The van der Waals surface area contributed by atoms with Gasteiger partial charge in [-0.25, -0.2) is 0 Å². The number of hydrogen-bond acceptors (Lipinski definition) is 8. The van der Waals surface area contributed by atoms with E-state index in [1.165, 1.54) is 6.26 Å². The molecular weight excluding hydrogens is 412 g/mol. The minimum absolute atomic E-state index is 0.528. The Morgan fingerprint density at radius 2 is 2.16 bits per heavy atom. The van der Waals surface area contributed by atoms with Crippen molar-refractivity contribution < 1.29 is 9.57 Å². The van der Waals surface area contributed by atoms with E-state index in [1.807, 2.05) is 30.5 Å². The number of ether oxygens (including phenoxy) is 1. The summed E-state index contributed by atoms with van der Waals surface area (Å²) in [4.78, 5) is 14.1. The highest BCUT2D eigenvalue weighted by Gasteiger charge is 2.21. The SMILES string of the molecule is C=CO/N=C\Cc1cc(N)c(C(=NCc2ccccc2/C=N\NC)N2CCOCC2)s1. The fraction of sp³-hybridized carbons (Fsp3) is 0.318. The van der Waals surface area contributed by atoms with Crippen molar-refractivity contribution in [1.82, 2.24) is 10.3 Å². The quantitative estimate of drug-likeness (QED) is 0.270. The Labute approximate surface area is 186 Å². The number of morpholine rings is 1. The van der Waals surface area contributed by atoms with Crippen molar-refractivity contribution in [3.8, 4) is 0 Å². The van der Waals surface area contributed by atoms with E-state index in [9.17, 15) is 0 Å². The van der Waals surface area contributed by atoms with Crippen LogP contribution in [-0.4, -0.2) is 56.5 Å². The summed E-state index contributed by atoms with van der Waals surface area (Å²) < 4.78 is 5.54. The molecule has 9 heteroatoms. The molecule has 1 fully saturated rings. The van der Waals surface area contributed by atoms with Gasteiger partial charge in [-0.1, -0.05) is 36.0 Å². The van der Waals surface area contributed by atoms with Gasteiger partial charge in [0.2, 0.25) is 0 Å². The fourth-order valence-electron chi connectivity index (χ4n) is 3.14. The number of anilines is 1. The molecule has 3 N–H and O–H groups in total. The van der Waals surface area contributed by atoms with Gasteiger partial charge in [-0.15, -0.1) is 11.3 Å². The van der Waals surface area contributed by atoms with Gasteiger partial charge in [-0.05, 0) is 17.2 Å². The zero-order valence-electron chi connectivity index (χ0n) is 17.7. The monoisotopic (exact) mass is 440 g/mol. The first-order chi connectivity index (χ1) is 15.2. The van der Waals surface area contributed by atoms with Crippen molar-refractivity contribution in [2.45, 2.75) is 13.0 Å². The molecule has 1 aromatic heterocycles. The Kier molecular flexibility index (Phi) is 8.62. The fourth-order valence-corrected chi connectivity index (χ4v) is 4.20. The van der Waals surface area contributed by atoms with Gasteiger partial charge in [0.1, 0.15) is 12.1 Å². The number of nitrogen functional groups attached to an aromatic ring is 1. The molecule has 31 heavy (non-hydrogen) atoms. The minimum Gasteiger partial charge on any atom is -0.397 e. The number of oxime groups is 1. The van der Waals surface area contributed by atoms with Crippen LogP contribution < -0.4 is 11.2 Å². The summed E-state index contributed by atoms with van der Waals surface area (Å²) in [5.74, 6) is 0.900. The van der Waals surface area contributed by atoms with E-state index < -0.39 is 0 Å². The molecule has 8 nitrogen and oxygen atoms in total. The van der Waals surface area contributed by atoms with Crippen molar-refractivity contribution in [3.05, 3.63) is 64.1 Å². The van der Waals surface area contributed by atoms with Gasteiger partial charge in [0.05, 0.1) is 36.5 Å². The van der Waals surface area contributed by atoms with Crippen LogP contribution in [0, 0.1) is 0 Å². The van der Waals surface area contributed by atoms with Crippen LogP contribution in [0.5, 0.6) is 0 Å². The lowest BCUT2D eigenvalue weighted by molar-refractivity contribution is 0.0682. The van der Waals surface area contributed by atoms with Gasteiger partial charge in [-0.3, -0.25) is 4.99 Å². The molecule has 0 aliphatic carbocycles. The van der Waals surface area contributed by atoms with E-state index >= 15 is 0 Å². The maximum atomic E-state index is 6.39. The van der Waals surface area contributed by atoms with E-state index in [2.05, 4.69) is 33.2 Å². The van der Waals surface area contributed by atoms with Crippen molar-refractivity contribution >= 4 is 35.3 Å². The molecule has 0 radical (unpaired) electrons. The number of hydrazone groups is 1. The minimum atomic E-state index is 0.528. The Bertz CT molecular complexity index is 947. The Morgan fingerprint density at radius 1 is 1.35 bits per heavy atom. The van der Waals surface area contributed by atoms with Crippen LogP contribution in [0.25, 0.3) is 0 Å². The Hall–Kier alpha value is -3.17. The summed E-state index contributed by atoms with van der Waals surface area (Å²) in [6.45, 7) is 6.91. The average molecular weight is 441 g/mol. The number of nitrogens with zero attached hydrogens (tertiary/aromatic N) is 4. The summed E-state index contributed by atoms with van der Waals surface area (Å²) in [6, 6.07) is 10.1. The summed E-state index contributed by atoms with van der Waals surface area (Å²) in [7, 11) is 1.78. The number of amidine groups is 1. The van der Waals surface area contributed by atoms with Crippen LogP contribution in [0.1, 0.15) is 20.9 Å². The summed E-state index contributed by atoms with van der Waals surface area (Å²) in [5.41, 5.74) is 12.0. The van der Waals surface area contributed by atoms with Crippen LogP contribution in [0.2, 0.25) is 0 Å². The normalized spacial score (nSPS) is 15.0. The zero-order valence-corrected chi connectivity index (χ0v) is 18.5. The molecular formula is C22H28N6O2S. The van der Waals surface area contributed by atoms with Crippen LogP contribution in [0.15, 0.2) is 58.4 Å². The predicted molar refractivity (Wildman–Crippen MR) is 128 cm³/mol. The van der Waals surface area contributed by atoms with E-state index in [1.54, 1.807) is 24.6 Å².